The Kier molecular flexibility index (Phi) is 6.37. The lowest BCUT2D eigenvalue weighted by molar-refractivity contribution is 0.306. The number of hydrogen-bond donors (Lipinski definition) is 0. The summed E-state index contributed by atoms with van der Waals surface area (Å²) in [5.74, 6) is 1.23. The fraction of sp³-hybridized carbons (Fsp3) is 0.391. The molecule has 1 aliphatic rings. The normalized spacial score (nSPS) is 13.9. The van der Waals surface area contributed by atoms with E-state index in [0.717, 1.165) is 42.2 Å². The van der Waals surface area contributed by atoms with Crippen LogP contribution in [0.15, 0.2) is 42.5 Å². The van der Waals surface area contributed by atoms with Gasteiger partial charge in [0, 0.05) is 23.7 Å². The van der Waals surface area contributed by atoms with Crippen LogP contribution in [0.3, 0.4) is 0 Å². The van der Waals surface area contributed by atoms with Gasteiger partial charge in [-0.2, -0.15) is 5.10 Å². The van der Waals surface area contributed by atoms with E-state index in [1.165, 1.54) is 31.5 Å². The molecule has 1 saturated carbocycles. The predicted octanol–water partition coefficient (Wildman–Crippen LogP) is 5.90. The van der Waals surface area contributed by atoms with Gasteiger partial charge in [-0.15, -0.1) is 0 Å². The third-order valence-corrected chi connectivity index (χ3v) is 6.19. The monoisotopic (exact) mass is 444 g/mol. The molecule has 2 aromatic carbocycles. The summed E-state index contributed by atoms with van der Waals surface area (Å²) in [4.78, 5) is 2.38. The summed E-state index contributed by atoms with van der Waals surface area (Å²) in [7, 11) is 2.17. The van der Waals surface area contributed by atoms with E-state index >= 15 is 0 Å². The molecule has 0 N–H and O–H groups in total. The predicted molar refractivity (Wildman–Crippen MR) is 122 cm³/mol. The summed E-state index contributed by atoms with van der Waals surface area (Å²) in [5.41, 5.74) is 2.55. The highest BCUT2D eigenvalue weighted by molar-refractivity contribution is 7.71. The van der Waals surface area contributed by atoms with E-state index in [9.17, 15) is 4.39 Å². The van der Waals surface area contributed by atoms with Crippen molar-refractivity contribution in [2.75, 3.05) is 20.1 Å². The molecule has 158 valence electrons. The number of rotatable bonds is 8. The zero-order chi connectivity index (χ0) is 21.3. The van der Waals surface area contributed by atoms with Crippen LogP contribution >= 0.6 is 23.8 Å². The molecule has 1 aliphatic carbocycles. The molecule has 0 aliphatic heterocycles. The van der Waals surface area contributed by atoms with Gasteiger partial charge in [0.15, 0.2) is 5.82 Å². The van der Waals surface area contributed by atoms with Gasteiger partial charge >= 0.3 is 0 Å². The highest BCUT2D eigenvalue weighted by Crippen LogP contribution is 2.29. The van der Waals surface area contributed by atoms with Crippen LogP contribution in [0.5, 0.6) is 0 Å². The average Bonchev–Trinajstić information content (AvgIpc) is 3.47. The van der Waals surface area contributed by atoms with Crippen LogP contribution in [0.4, 0.5) is 4.39 Å². The van der Waals surface area contributed by atoms with Gasteiger partial charge in [0.05, 0.1) is 5.69 Å². The van der Waals surface area contributed by atoms with Crippen LogP contribution in [0, 0.1) is 23.4 Å². The number of aryl methyl sites for hydroxylation is 2. The summed E-state index contributed by atoms with van der Waals surface area (Å²) in [6.45, 7) is 4.84. The third-order valence-electron chi connectivity index (χ3n) is 5.54. The SMILES string of the molecule is Cc1ccc(F)cc1-c1nn(CCCN(C)CC2CC2)c(=S)n1-c1ccc(Cl)cc1. The molecule has 7 heteroatoms. The number of aromatic nitrogens is 3. The van der Waals surface area contributed by atoms with Crippen LogP contribution in [0.25, 0.3) is 17.1 Å². The molecule has 0 spiro atoms. The first kappa shape index (κ1) is 21.2. The van der Waals surface area contributed by atoms with Crippen molar-refractivity contribution in [1.82, 2.24) is 19.2 Å². The van der Waals surface area contributed by atoms with E-state index < -0.39 is 0 Å². The minimum atomic E-state index is -0.291. The Morgan fingerprint density at radius 3 is 2.63 bits per heavy atom. The lowest BCUT2D eigenvalue weighted by Crippen LogP contribution is -2.23. The maximum absolute atomic E-state index is 14.0. The Bertz CT molecular complexity index is 1090. The van der Waals surface area contributed by atoms with Crippen LogP contribution in [-0.2, 0) is 6.54 Å². The molecule has 0 saturated heterocycles. The molecular weight excluding hydrogens is 419 g/mol. The van der Waals surface area contributed by atoms with Gasteiger partial charge in [0.2, 0.25) is 4.77 Å². The topological polar surface area (TPSA) is 26.0 Å². The Labute approximate surface area is 186 Å². The second kappa shape index (κ2) is 9.00. The summed E-state index contributed by atoms with van der Waals surface area (Å²) in [6.07, 6.45) is 3.67. The van der Waals surface area contributed by atoms with Gasteiger partial charge in [-0.05, 0) is 99.9 Å². The second-order valence-electron chi connectivity index (χ2n) is 8.16. The molecule has 0 unspecified atom stereocenters. The summed E-state index contributed by atoms with van der Waals surface area (Å²) >= 11 is 11.9. The number of benzene rings is 2. The maximum atomic E-state index is 14.0. The Morgan fingerprint density at radius 1 is 1.20 bits per heavy atom. The fourth-order valence-corrected chi connectivity index (χ4v) is 4.16. The molecule has 4 nitrogen and oxygen atoms in total. The molecule has 0 amide bonds. The minimum absolute atomic E-state index is 0.291. The zero-order valence-corrected chi connectivity index (χ0v) is 18.9. The van der Waals surface area contributed by atoms with E-state index in [1.807, 2.05) is 40.4 Å². The highest BCUT2D eigenvalue weighted by Gasteiger charge is 2.22. The van der Waals surface area contributed by atoms with Gasteiger partial charge in [-0.1, -0.05) is 17.7 Å². The number of hydrogen-bond acceptors (Lipinski definition) is 3. The summed E-state index contributed by atoms with van der Waals surface area (Å²) in [6, 6.07) is 12.2. The number of halogens is 2. The van der Waals surface area contributed by atoms with Gasteiger partial charge in [-0.25, -0.2) is 9.07 Å². The van der Waals surface area contributed by atoms with Crippen LogP contribution in [0.2, 0.25) is 5.02 Å². The van der Waals surface area contributed by atoms with E-state index in [0.29, 0.717) is 15.6 Å². The molecule has 4 rings (SSSR count). The molecule has 1 fully saturated rings. The first-order valence-corrected chi connectivity index (χ1v) is 11.1. The fourth-order valence-electron chi connectivity index (χ4n) is 3.71. The quantitative estimate of drug-likeness (QED) is 0.404. The second-order valence-corrected chi connectivity index (χ2v) is 8.96. The van der Waals surface area contributed by atoms with Crippen LogP contribution < -0.4 is 0 Å². The van der Waals surface area contributed by atoms with Crippen molar-refractivity contribution in [1.29, 1.82) is 0 Å². The van der Waals surface area contributed by atoms with Crippen molar-refractivity contribution < 1.29 is 4.39 Å². The summed E-state index contributed by atoms with van der Waals surface area (Å²) in [5, 5.41) is 5.46. The Balaban J connectivity index is 1.67. The van der Waals surface area contributed by atoms with Crippen molar-refractivity contribution in [3.05, 3.63) is 63.6 Å². The largest absolute Gasteiger partial charge is 0.306 e. The van der Waals surface area contributed by atoms with Gasteiger partial charge < -0.3 is 4.90 Å². The Morgan fingerprint density at radius 2 is 1.93 bits per heavy atom. The molecule has 0 atom stereocenters. The third kappa shape index (κ3) is 4.82. The van der Waals surface area contributed by atoms with Crippen molar-refractivity contribution in [2.45, 2.75) is 32.7 Å². The standard InChI is InChI=1S/C23H26ClFN4S/c1-16-4-9-19(25)14-21(16)22-26-28(13-3-12-27(2)15-17-5-6-17)23(30)29(22)20-10-7-18(24)8-11-20/h4,7-11,14,17H,3,5-6,12-13,15H2,1-2H3. The van der Waals surface area contributed by atoms with E-state index in [-0.39, 0.29) is 5.82 Å². The molecule has 1 aromatic heterocycles. The van der Waals surface area contributed by atoms with Gasteiger partial charge in [-0.3, -0.25) is 4.57 Å². The minimum Gasteiger partial charge on any atom is -0.306 e. The maximum Gasteiger partial charge on any atom is 0.202 e. The van der Waals surface area contributed by atoms with E-state index in [1.54, 1.807) is 6.07 Å². The van der Waals surface area contributed by atoms with Crippen molar-refractivity contribution in [2.24, 2.45) is 5.92 Å². The van der Waals surface area contributed by atoms with Crippen LogP contribution in [0.1, 0.15) is 24.8 Å². The first-order chi connectivity index (χ1) is 14.4. The molecule has 0 radical (unpaired) electrons. The van der Waals surface area contributed by atoms with Crippen molar-refractivity contribution in [3.63, 3.8) is 0 Å². The zero-order valence-electron chi connectivity index (χ0n) is 17.3. The smallest absolute Gasteiger partial charge is 0.202 e. The molecule has 30 heavy (non-hydrogen) atoms. The first-order valence-electron chi connectivity index (χ1n) is 10.3. The molecule has 0 bridgehead atoms. The van der Waals surface area contributed by atoms with Crippen molar-refractivity contribution in [3.8, 4) is 17.1 Å². The molecule has 3 aromatic rings. The molecular formula is C23H26ClFN4S. The van der Waals surface area contributed by atoms with Gasteiger partial charge in [0.25, 0.3) is 0 Å². The lowest BCUT2D eigenvalue weighted by atomic mass is 10.1. The summed E-state index contributed by atoms with van der Waals surface area (Å²) < 4.78 is 18.4. The van der Waals surface area contributed by atoms with Gasteiger partial charge in [0.1, 0.15) is 5.82 Å². The Hall–Kier alpha value is -2.02. The van der Waals surface area contributed by atoms with Crippen molar-refractivity contribution >= 4 is 23.8 Å². The van der Waals surface area contributed by atoms with E-state index in [2.05, 4.69) is 11.9 Å². The van der Waals surface area contributed by atoms with E-state index in [4.69, 9.17) is 28.9 Å². The number of nitrogens with zero attached hydrogens (tertiary/aromatic N) is 4. The lowest BCUT2D eigenvalue weighted by Gasteiger charge is -2.15. The highest BCUT2D eigenvalue weighted by atomic mass is 35.5. The molecule has 1 heterocycles. The van der Waals surface area contributed by atoms with Crippen LogP contribution in [-0.4, -0.2) is 39.4 Å². The average molecular weight is 445 g/mol.